The molecule has 1 spiro atoms. The molecule has 1 unspecified atom stereocenters. The maximum absolute atomic E-state index is 13.1. The van der Waals surface area contributed by atoms with E-state index in [1.807, 2.05) is 0 Å². The van der Waals surface area contributed by atoms with Crippen LogP contribution in [0.15, 0.2) is 29.2 Å². The van der Waals surface area contributed by atoms with E-state index in [-0.39, 0.29) is 22.6 Å². The molecule has 2 amide bonds. The predicted molar refractivity (Wildman–Crippen MR) is 119 cm³/mol. The fourth-order valence-corrected chi connectivity index (χ4v) is 6.03. The molecule has 0 saturated carbocycles. The highest BCUT2D eigenvalue weighted by Gasteiger charge is 2.44. The van der Waals surface area contributed by atoms with Crippen molar-refractivity contribution in [2.45, 2.75) is 43.5 Å². The summed E-state index contributed by atoms with van der Waals surface area (Å²) in [6, 6.07) is 5.41. The third-order valence-electron chi connectivity index (χ3n) is 6.50. The molecule has 0 radical (unpaired) electrons. The van der Waals surface area contributed by atoms with Gasteiger partial charge in [-0.05, 0) is 36.8 Å². The highest BCUT2D eigenvalue weighted by atomic mass is 32.2. The number of amides is 2. The van der Waals surface area contributed by atoms with Crippen molar-refractivity contribution >= 4 is 27.8 Å². The van der Waals surface area contributed by atoms with Gasteiger partial charge in [0.05, 0.1) is 25.5 Å². The van der Waals surface area contributed by atoms with E-state index in [0.717, 1.165) is 6.42 Å². The van der Waals surface area contributed by atoms with E-state index in [1.54, 1.807) is 23.1 Å². The Morgan fingerprint density at radius 3 is 2.39 bits per heavy atom. The van der Waals surface area contributed by atoms with Crippen molar-refractivity contribution in [1.29, 1.82) is 0 Å². The molecular formula is C22H31N3O7S. The van der Waals surface area contributed by atoms with Crippen LogP contribution < -0.4 is 10.1 Å². The van der Waals surface area contributed by atoms with Crippen LogP contribution in [0.2, 0.25) is 0 Å². The van der Waals surface area contributed by atoms with Crippen molar-refractivity contribution in [3.8, 4) is 5.75 Å². The van der Waals surface area contributed by atoms with Gasteiger partial charge < -0.3 is 19.7 Å². The maximum atomic E-state index is 13.1. The number of rotatable bonds is 7. The Kier molecular flexibility index (Phi) is 7.63. The first kappa shape index (κ1) is 25.0. The number of sulfonamides is 1. The first-order chi connectivity index (χ1) is 15.6. The average Bonchev–Trinajstić information content (AvgIpc) is 3.21. The van der Waals surface area contributed by atoms with E-state index in [1.165, 1.54) is 31.5 Å². The van der Waals surface area contributed by atoms with Crippen molar-refractivity contribution < 1.29 is 32.3 Å². The van der Waals surface area contributed by atoms with Crippen molar-refractivity contribution in [2.75, 3.05) is 40.4 Å². The summed E-state index contributed by atoms with van der Waals surface area (Å²) in [6.07, 6.45) is 1.89. The van der Waals surface area contributed by atoms with Gasteiger partial charge in [0.25, 0.3) is 0 Å². The number of hydrogen-bond acceptors (Lipinski definition) is 7. The Labute approximate surface area is 194 Å². The lowest BCUT2D eigenvalue weighted by Crippen LogP contribution is -2.46. The van der Waals surface area contributed by atoms with E-state index in [9.17, 15) is 22.8 Å². The fraction of sp³-hybridized carbons (Fsp3) is 0.591. The lowest BCUT2D eigenvalue weighted by Gasteiger charge is -2.38. The van der Waals surface area contributed by atoms with Gasteiger partial charge in [-0.25, -0.2) is 13.2 Å². The molecule has 3 rings (SSSR count). The molecule has 2 aliphatic heterocycles. The number of hydrogen-bond donors (Lipinski definition) is 1. The van der Waals surface area contributed by atoms with Crippen LogP contribution in [-0.4, -0.2) is 81.8 Å². The molecule has 0 bridgehead atoms. The predicted octanol–water partition coefficient (Wildman–Crippen LogP) is 0.766. The molecule has 2 fully saturated rings. The SMILES string of the molecule is COC(=O)C(CC(=O)N1CCC2(CCN(S(=O)(=O)c3cccc(OC)c3)CC2)C1)NC(C)=O. The second kappa shape index (κ2) is 10.1. The number of carbonyl (C=O) groups excluding carboxylic acids is 3. The zero-order valence-corrected chi connectivity index (χ0v) is 20.0. The summed E-state index contributed by atoms with van der Waals surface area (Å²) >= 11 is 0. The molecule has 2 saturated heterocycles. The smallest absolute Gasteiger partial charge is 0.328 e. The summed E-state index contributed by atoms with van der Waals surface area (Å²) in [4.78, 5) is 38.0. The normalized spacial score (nSPS) is 19.2. The molecule has 0 aliphatic carbocycles. The topological polar surface area (TPSA) is 122 Å². The number of methoxy groups -OCH3 is 2. The molecule has 2 aliphatic rings. The van der Waals surface area contributed by atoms with Crippen LogP contribution in [0.4, 0.5) is 0 Å². The Morgan fingerprint density at radius 1 is 1.12 bits per heavy atom. The fourth-order valence-electron chi connectivity index (χ4n) is 4.55. The summed E-state index contributed by atoms with van der Waals surface area (Å²) in [5.74, 6) is -0.828. The number of likely N-dealkylation sites (tertiary alicyclic amines) is 1. The zero-order valence-electron chi connectivity index (χ0n) is 19.2. The van der Waals surface area contributed by atoms with Crippen LogP contribution in [0, 0.1) is 5.41 Å². The van der Waals surface area contributed by atoms with Gasteiger partial charge in [0.1, 0.15) is 11.8 Å². The van der Waals surface area contributed by atoms with Gasteiger partial charge in [-0.15, -0.1) is 0 Å². The standard InChI is InChI=1S/C22H31N3O7S/c1-16(26)23-19(21(28)32-3)14-20(27)24-10-7-22(15-24)8-11-25(12-9-22)33(29,30)18-6-4-5-17(13-18)31-2/h4-6,13,19H,7-12,14-15H2,1-3H3,(H,23,26). The van der Waals surface area contributed by atoms with Gasteiger partial charge in [-0.3, -0.25) is 9.59 Å². The monoisotopic (exact) mass is 481 g/mol. The third-order valence-corrected chi connectivity index (χ3v) is 8.39. The molecule has 33 heavy (non-hydrogen) atoms. The maximum Gasteiger partial charge on any atom is 0.328 e. The van der Waals surface area contributed by atoms with Crippen molar-refractivity contribution in [1.82, 2.24) is 14.5 Å². The molecule has 2 heterocycles. The van der Waals surface area contributed by atoms with Gasteiger partial charge in [-0.2, -0.15) is 4.31 Å². The van der Waals surface area contributed by atoms with Crippen LogP contribution in [0.25, 0.3) is 0 Å². The van der Waals surface area contributed by atoms with Crippen LogP contribution >= 0.6 is 0 Å². The lowest BCUT2D eigenvalue weighted by atomic mass is 9.78. The summed E-state index contributed by atoms with van der Waals surface area (Å²) in [6.45, 7) is 3.07. The first-order valence-corrected chi connectivity index (χ1v) is 12.3. The van der Waals surface area contributed by atoms with Crippen molar-refractivity contribution in [3.05, 3.63) is 24.3 Å². The van der Waals surface area contributed by atoms with E-state index in [4.69, 9.17) is 4.74 Å². The molecule has 10 nitrogen and oxygen atoms in total. The zero-order chi connectivity index (χ0) is 24.2. The summed E-state index contributed by atoms with van der Waals surface area (Å²) in [7, 11) is -0.928. The lowest BCUT2D eigenvalue weighted by molar-refractivity contribution is -0.147. The highest BCUT2D eigenvalue weighted by molar-refractivity contribution is 7.89. The van der Waals surface area contributed by atoms with Gasteiger partial charge in [0, 0.05) is 39.2 Å². The number of nitrogens with zero attached hydrogens (tertiary/aromatic N) is 2. The molecule has 182 valence electrons. The first-order valence-electron chi connectivity index (χ1n) is 10.9. The summed E-state index contributed by atoms with van der Waals surface area (Å²) < 4.78 is 37.4. The van der Waals surface area contributed by atoms with E-state index >= 15 is 0 Å². The minimum absolute atomic E-state index is 0.148. The minimum atomic E-state index is -3.63. The summed E-state index contributed by atoms with van der Waals surface area (Å²) in [5, 5.41) is 2.46. The van der Waals surface area contributed by atoms with Crippen LogP contribution in [-0.2, 0) is 29.1 Å². The molecule has 1 aromatic rings. The Hall–Kier alpha value is -2.66. The van der Waals surface area contributed by atoms with Crippen molar-refractivity contribution in [3.63, 3.8) is 0 Å². The average molecular weight is 482 g/mol. The number of ether oxygens (including phenoxy) is 2. The van der Waals surface area contributed by atoms with E-state index < -0.39 is 27.9 Å². The molecule has 0 aromatic heterocycles. The summed E-state index contributed by atoms with van der Waals surface area (Å²) in [5.41, 5.74) is -0.148. The number of nitrogens with one attached hydrogen (secondary N) is 1. The molecule has 1 N–H and O–H groups in total. The largest absolute Gasteiger partial charge is 0.497 e. The second-order valence-corrected chi connectivity index (χ2v) is 10.6. The Balaban J connectivity index is 1.60. The third kappa shape index (κ3) is 5.64. The Morgan fingerprint density at radius 2 is 1.79 bits per heavy atom. The molecule has 1 aromatic carbocycles. The highest BCUT2D eigenvalue weighted by Crippen LogP contribution is 2.41. The van der Waals surface area contributed by atoms with Crippen LogP contribution in [0.3, 0.4) is 0 Å². The number of piperidine rings is 1. The van der Waals surface area contributed by atoms with Crippen LogP contribution in [0.1, 0.15) is 32.6 Å². The number of carbonyl (C=O) groups is 3. The number of esters is 1. The molecule has 1 atom stereocenters. The quantitative estimate of drug-likeness (QED) is 0.571. The van der Waals surface area contributed by atoms with E-state index in [2.05, 4.69) is 10.1 Å². The molecule has 11 heteroatoms. The minimum Gasteiger partial charge on any atom is -0.497 e. The molecular weight excluding hydrogens is 450 g/mol. The number of benzene rings is 1. The van der Waals surface area contributed by atoms with Gasteiger partial charge in [-0.1, -0.05) is 6.07 Å². The van der Waals surface area contributed by atoms with Gasteiger partial charge >= 0.3 is 5.97 Å². The second-order valence-electron chi connectivity index (χ2n) is 8.63. The van der Waals surface area contributed by atoms with Crippen molar-refractivity contribution in [2.24, 2.45) is 5.41 Å². The van der Waals surface area contributed by atoms with Gasteiger partial charge in [0.15, 0.2) is 0 Å². The van der Waals surface area contributed by atoms with E-state index in [0.29, 0.717) is 44.8 Å². The van der Waals surface area contributed by atoms with Crippen LogP contribution in [0.5, 0.6) is 5.75 Å². The Bertz CT molecular complexity index is 1000. The van der Waals surface area contributed by atoms with Gasteiger partial charge in [0.2, 0.25) is 21.8 Å².